The second-order valence-corrected chi connectivity index (χ2v) is 7.47. The topological polar surface area (TPSA) is 73.6 Å². The van der Waals surface area contributed by atoms with Crippen molar-refractivity contribution in [2.75, 3.05) is 13.7 Å². The summed E-state index contributed by atoms with van der Waals surface area (Å²) >= 11 is 0. The zero-order chi connectivity index (χ0) is 21.0. The first-order valence-corrected chi connectivity index (χ1v) is 9.52. The Hall–Kier alpha value is -3.12. The average Bonchev–Trinajstić information content (AvgIpc) is 2.71. The van der Waals surface area contributed by atoms with Crippen LogP contribution in [-0.4, -0.2) is 34.0 Å². The highest BCUT2D eigenvalue weighted by Crippen LogP contribution is 2.30. The molecule has 0 amide bonds. The fourth-order valence-corrected chi connectivity index (χ4v) is 2.84. The van der Waals surface area contributed by atoms with Crippen molar-refractivity contribution in [2.24, 2.45) is 0 Å². The number of aromatic nitrogens is 2. The second kappa shape index (κ2) is 8.49. The number of rotatable bonds is 7. The second-order valence-electron chi connectivity index (χ2n) is 7.47. The minimum Gasteiger partial charge on any atom is -0.493 e. The van der Waals surface area contributed by atoms with Gasteiger partial charge in [-0.05, 0) is 38.0 Å². The number of hydrogen-bond acceptors (Lipinski definition) is 5. The third kappa shape index (κ3) is 5.03. The molecule has 0 aliphatic rings. The van der Waals surface area contributed by atoms with Crippen LogP contribution in [0, 0.1) is 0 Å². The maximum Gasteiger partial charge on any atom is 0.258 e. The molecule has 152 valence electrons. The van der Waals surface area contributed by atoms with E-state index in [1.807, 2.05) is 24.3 Å². The summed E-state index contributed by atoms with van der Waals surface area (Å²) in [5.74, 6) is 0.963. The minimum atomic E-state index is -0.963. The Bertz CT molecular complexity index is 1030. The third-order valence-electron chi connectivity index (χ3n) is 4.47. The van der Waals surface area contributed by atoms with Crippen LogP contribution >= 0.6 is 0 Å². The summed E-state index contributed by atoms with van der Waals surface area (Å²) in [6.45, 7) is 5.55. The van der Waals surface area contributed by atoms with Gasteiger partial charge >= 0.3 is 0 Å². The van der Waals surface area contributed by atoms with E-state index in [0.29, 0.717) is 22.9 Å². The molecule has 0 radical (unpaired) electrons. The Balaban J connectivity index is 1.89. The predicted octanol–water partition coefficient (Wildman–Crippen LogP) is 3.62. The van der Waals surface area contributed by atoms with Gasteiger partial charge in [0.2, 0.25) is 0 Å². The molecule has 3 rings (SSSR count). The standard InChI is InChI=1S/C23H26N2O4/c1-5-16-6-8-17(9-7-16)19-13-22(26)25(15-24-19)18-10-11-20(21(12-18)28-4)29-14-23(2,3)27/h6-13,15,27H,5,14H2,1-4H3. The normalized spacial score (nSPS) is 11.3. The van der Waals surface area contributed by atoms with Gasteiger partial charge < -0.3 is 14.6 Å². The van der Waals surface area contributed by atoms with E-state index in [0.717, 1.165) is 12.0 Å². The Morgan fingerprint density at radius 2 is 1.79 bits per heavy atom. The van der Waals surface area contributed by atoms with E-state index in [1.165, 1.54) is 29.6 Å². The molecular formula is C23H26N2O4. The lowest BCUT2D eigenvalue weighted by Gasteiger charge is -2.19. The summed E-state index contributed by atoms with van der Waals surface area (Å²) in [7, 11) is 1.53. The summed E-state index contributed by atoms with van der Waals surface area (Å²) in [5.41, 5.74) is 2.23. The van der Waals surface area contributed by atoms with E-state index in [9.17, 15) is 9.90 Å². The molecule has 0 saturated carbocycles. The summed E-state index contributed by atoms with van der Waals surface area (Å²) in [5, 5.41) is 9.84. The van der Waals surface area contributed by atoms with Crippen molar-refractivity contribution in [3.63, 3.8) is 0 Å². The first-order chi connectivity index (χ1) is 13.8. The molecule has 0 atom stereocenters. The van der Waals surface area contributed by atoms with Crippen molar-refractivity contribution in [3.8, 4) is 28.4 Å². The summed E-state index contributed by atoms with van der Waals surface area (Å²) < 4.78 is 12.5. The maximum atomic E-state index is 12.7. The molecule has 6 nitrogen and oxygen atoms in total. The lowest BCUT2D eigenvalue weighted by molar-refractivity contribution is 0.0276. The fraction of sp³-hybridized carbons (Fsp3) is 0.304. The van der Waals surface area contributed by atoms with Crippen LogP contribution in [0.15, 0.2) is 59.7 Å². The highest BCUT2D eigenvalue weighted by molar-refractivity contribution is 5.59. The van der Waals surface area contributed by atoms with Gasteiger partial charge in [0.05, 0.1) is 24.1 Å². The zero-order valence-corrected chi connectivity index (χ0v) is 17.2. The van der Waals surface area contributed by atoms with Gasteiger partial charge in [0.1, 0.15) is 12.9 Å². The van der Waals surface area contributed by atoms with Crippen LogP contribution in [0.25, 0.3) is 16.9 Å². The molecule has 0 aliphatic heterocycles. The van der Waals surface area contributed by atoms with Gasteiger partial charge in [0, 0.05) is 17.7 Å². The molecule has 2 aromatic carbocycles. The molecule has 1 heterocycles. The van der Waals surface area contributed by atoms with Crippen LogP contribution in [0.4, 0.5) is 0 Å². The Labute approximate surface area is 170 Å². The molecule has 0 spiro atoms. The molecule has 1 aromatic heterocycles. The zero-order valence-electron chi connectivity index (χ0n) is 17.2. The molecule has 0 saturated heterocycles. The predicted molar refractivity (Wildman–Crippen MR) is 113 cm³/mol. The number of aliphatic hydroxyl groups is 1. The van der Waals surface area contributed by atoms with Crippen LogP contribution in [-0.2, 0) is 6.42 Å². The Morgan fingerprint density at radius 1 is 1.07 bits per heavy atom. The van der Waals surface area contributed by atoms with Crippen molar-refractivity contribution in [1.82, 2.24) is 9.55 Å². The van der Waals surface area contributed by atoms with Crippen LogP contribution in [0.2, 0.25) is 0 Å². The quantitative estimate of drug-likeness (QED) is 0.663. The summed E-state index contributed by atoms with van der Waals surface area (Å²) in [6.07, 6.45) is 2.48. The van der Waals surface area contributed by atoms with Crippen LogP contribution < -0.4 is 15.0 Å². The van der Waals surface area contributed by atoms with Gasteiger partial charge in [-0.3, -0.25) is 9.36 Å². The van der Waals surface area contributed by atoms with Gasteiger partial charge in [-0.15, -0.1) is 0 Å². The van der Waals surface area contributed by atoms with Crippen LogP contribution in [0.3, 0.4) is 0 Å². The molecule has 0 bridgehead atoms. The van der Waals surface area contributed by atoms with Crippen molar-refractivity contribution < 1.29 is 14.6 Å². The smallest absolute Gasteiger partial charge is 0.258 e. The lowest BCUT2D eigenvalue weighted by Crippen LogP contribution is -2.28. The number of aryl methyl sites for hydroxylation is 1. The fourth-order valence-electron chi connectivity index (χ4n) is 2.84. The molecular weight excluding hydrogens is 368 g/mol. The van der Waals surface area contributed by atoms with E-state index in [-0.39, 0.29) is 12.2 Å². The van der Waals surface area contributed by atoms with Gasteiger partial charge in [0.15, 0.2) is 11.5 Å². The number of methoxy groups -OCH3 is 1. The molecule has 0 aliphatic carbocycles. The van der Waals surface area contributed by atoms with E-state index in [4.69, 9.17) is 9.47 Å². The molecule has 0 fully saturated rings. The largest absolute Gasteiger partial charge is 0.493 e. The first-order valence-electron chi connectivity index (χ1n) is 9.52. The molecule has 29 heavy (non-hydrogen) atoms. The first kappa shape index (κ1) is 20.6. The lowest BCUT2D eigenvalue weighted by atomic mass is 10.1. The van der Waals surface area contributed by atoms with Crippen molar-refractivity contribution in [2.45, 2.75) is 32.8 Å². The Kier molecular flexibility index (Phi) is 6.03. The summed E-state index contributed by atoms with van der Waals surface area (Å²) in [4.78, 5) is 17.1. The SMILES string of the molecule is CCc1ccc(-c2cc(=O)n(-c3ccc(OCC(C)(C)O)c(OC)c3)cn2)cc1. The number of hydrogen-bond donors (Lipinski definition) is 1. The van der Waals surface area contributed by atoms with E-state index >= 15 is 0 Å². The van der Waals surface area contributed by atoms with Crippen molar-refractivity contribution >= 4 is 0 Å². The monoisotopic (exact) mass is 394 g/mol. The molecule has 6 heteroatoms. The van der Waals surface area contributed by atoms with Gasteiger partial charge in [0.25, 0.3) is 5.56 Å². The highest BCUT2D eigenvalue weighted by Gasteiger charge is 2.16. The van der Waals surface area contributed by atoms with Gasteiger partial charge in [-0.2, -0.15) is 0 Å². The van der Waals surface area contributed by atoms with E-state index in [2.05, 4.69) is 11.9 Å². The molecule has 0 unspecified atom stereocenters. The van der Waals surface area contributed by atoms with Gasteiger partial charge in [-0.25, -0.2) is 4.98 Å². The minimum absolute atomic E-state index is 0.121. The molecule has 1 N–H and O–H groups in total. The number of ether oxygens (including phenoxy) is 2. The molecule has 3 aromatic rings. The highest BCUT2D eigenvalue weighted by atomic mass is 16.5. The summed E-state index contributed by atoms with van der Waals surface area (Å²) in [6, 6.07) is 14.7. The Morgan fingerprint density at radius 3 is 2.38 bits per heavy atom. The van der Waals surface area contributed by atoms with E-state index in [1.54, 1.807) is 32.0 Å². The third-order valence-corrected chi connectivity index (χ3v) is 4.47. The van der Waals surface area contributed by atoms with Crippen LogP contribution in [0.1, 0.15) is 26.3 Å². The van der Waals surface area contributed by atoms with Gasteiger partial charge in [-0.1, -0.05) is 31.2 Å². The van der Waals surface area contributed by atoms with Crippen molar-refractivity contribution in [3.05, 3.63) is 70.8 Å². The van der Waals surface area contributed by atoms with Crippen LogP contribution in [0.5, 0.6) is 11.5 Å². The number of nitrogens with zero attached hydrogens (tertiary/aromatic N) is 2. The van der Waals surface area contributed by atoms with Crippen molar-refractivity contribution in [1.29, 1.82) is 0 Å². The average molecular weight is 394 g/mol. The maximum absolute atomic E-state index is 12.7. The van der Waals surface area contributed by atoms with E-state index < -0.39 is 5.60 Å². The number of benzene rings is 2.